The molecule has 1 unspecified atom stereocenters. The molecular formula is C15H23N. The molecule has 1 heteroatoms. The van der Waals surface area contributed by atoms with Crippen LogP contribution in [0.1, 0.15) is 45.1 Å². The van der Waals surface area contributed by atoms with Crippen LogP contribution in [0.3, 0.4) is 0 Å². The lowest BCUT2D eigenvalue weighted by Gasteiger charge is -2.19. The van der Waals surface area contributed by atoms with Crippen molar-refractivity contribution in [1.29, 1.82) is 0 Å². The molecule has 0 bridgehead atoms. The highest BCUT2D eigenvalue weighted by molar-refractivity contribution is 5.53. The van der Waals surface area contributed by atoms with Crippen molar-refractivity contribution in [3.05, 3.63) is 42.5 Å². The van der Waals surface area contributed by atoms with Gasteiger partial charge < -0.3 is 5.32 Å². The van der Waals surface area contributed by atoms with Crippen LogP contribution in [-0.2, 0) is 0 Å². The summed E-state index contributed by atoms with van der Waals surface area (Å²) in [5, 5.41) is 3.58. The van der Waals surface area contributed by atoms with Gasteiger partial charge >= 0.3 is 0 Å². The summed E-state index contributed by atoms with van der Waals surface area (Å²) in [6, 6.07) is 9.06. The standard InChI is InChI=1S/C15H23N/c1-5-6-9-13(4)16-15-11-8-7-10-14(15)12(2)3/h5,7-8,10-13,16H,1,6,9H2,2-4H3. The first-order valence-corrected chi connectivity index (χ1v) is 6.11. The molecule has 0 aliphatic carbocycles. The number of para-hydroxylation sites is 1. The van der Waals surface area contributed by atoms with E-state index in [1.165, 1.54) is 11.3 Å². The fraction of sp³-hybridized carbons (Fsp3) is 0.467. The molecule has 0 saturated carbocycles. The molecule has 1 nitrogen and oxygen atoms in total. The second-order valence-electron chi connectivity index (χ2n) is 4.65. The second kappa shape index (κ2) is 6.37. The molecule has 0 fully saturated rings. The van der Waals surface area contributed by atoms with Crippen molar-refractivity contribution in [1.82, 2.24) is 0 Å². The van der Waals surface area contributed by atoms with E-state index < -0.39 is 0 Å². The Hall–Kier alpha value is -1.24. The number of hydrogen-bond acceptors (Lipinski definition) is 1. The zero-order valence-corrected chi connectivity index (χ0v) is 10.7. The molecule has 0 aromatic heterocycles. The van der Waals surface area contributed by atoms with Crippen LogP contribution in [0.15, 0.2) is 36.9 Å². The van der Waals surface area contributed by atoms with Crippen LogP contribution in [0.25, 0.3) is 0 Å². The van der Waals surface area contributed by atoms with Crippen molar-refractivity contribution in [3.63, 3.8) is 0 Å². The maximum Gasteiger partial charge on any atom is 0.0377 e. The minimum absolute atomic E-state index is 0.498. The molecule has 0 heterocycles. The Balaban J connectivity index is 2.68. The Bertz CT molecular complexity index is 328. The molecule has 1 N–H and O–H groups in total. The SMILES string of the molecule is C=CCCC(C)Nc1ccccc1C(C)C. The molecule has 1 aromatic carbocycles. The van der Waals surface area contributed by atoms with Crippen LogP contribution < -0.4 is 5.32 Å². The number of anilines is 1. The molecule has 0 amide bonds. The van der Waals surface area contributed by atoms with Gasteiger partial charge in [-0.25, -0.2) is 0 Å². The molecule has 0 aliphatic rings. The van der Waals surface area contributed by atoms with Crippen LogP contribution in [0.5, 0.6) is 0 Å². The molecule has 0 aliphatic heterocycles. The number of hydrogen-bond donors (Lipinski definition) is 1. The highest BCUT2D eigenvalue weighted by atomic mass is 14.9. The average Bonchev–Trinajstić information content (AvgIpc) is 2.27. The van der Waals surface area contributed by atoms with Crippen molar-refractivity contribution >= 4 is 5.69 Å². The maximum atomic E-state index is 3.76. The minimum Gasteiger partial charge on any atom is -0.382 e. The van der Waals surface area contributed by atoms with E-state index in [0.29, 0.717) is 12.0 Å². The largest absolute Gasteiger partial charge is 0.382 e. The quantitative estimate of drug-likeness (QED) is 0.688. The third-order valence-corrected chi connectivity index (χ3v) is 2.79. The number of nitrogens with one attached hydrogen (secondary N) is 1. The van der Waals surface area contributed by atoms with E-state index in [1.54, 1.807) is 0 Å². The molecule has 16 heavy (non-hydrogen) atoms. The van der Waals surface area contributed by atoms with Gasteiger partial charge in [0.2, 0.25) is 0 Å². The van der Waals surface area contributed by atoms with E-state index in [-0.39, 0.29) is 0 Å². The van der Waals surface area contributed by atoms with Crippen LogP contribution >= 0.6 is 0 Å². The van der Waals surface area contributed by atoms with Crippen LogP contribution in [0.4, 0.5) is 5.69 Å². The summed E-state index contributed by atoms with van der Waals surface area (Å²) >= 11 is 0. The van der Waals surface area contributed by atoms with Gasteiger partial charge in [0.1, 0.15) is 0 Å². The van der Waals surface area contributed by atoms with Gasteiger partial charge in [-0.1, -0.05) is 38.1 Å². The van der Waals surface area contributed by atoms with Crippen LogP contribution in [0.2, 0.25) is 0 Å². The number of benzene rings is 1. The Kier molecular flexibility index (Phi) is 5.10. The van der Waals surface area contributed by atoms with Crippen molar-refractivity contribution < 1.29 is 0 Å². The first-order chi connectivity index (χ1) is 7.65. The Morgan fingerprint density at radius 2 is 1.94 bits per heavy atom. The van der Waals surface area contributed by atoms with Crippen molar-refractivity contribution in [2.75, 3.05) is 5.32 Å². The molecule has 0 radical (unpaired) electrons. The molecule has 0 saturated heterocycles. The zero-order chi connectivity index (χ0) is 12.0. The summed E-state index contributed by atoms with van der Waals surface area (Å²) in [5.41, 5.74) is 2.67. The topological polar surface area (TPSA) is 12.0 Å². The summed E-state index contributed by atoms with van der Waals surface area (Å²) < 4.78 is 0. The summed E-state index contributed by atoms with van der Waals surface area (Å²) in [5.74, 6) is 0.565. The van der Waals surface area contributed by atoms with Gasteiger partial charge in [0.25, 0.3) is 0 Å². The number of rotatable bonds is 6. The van der Waals surface area contributed by atoms with Gasteiger partial charge in [0, 0.05) is 11.7 Å². The molecule has 1 aromatic rings. The zero-order valence-electron chi connectivity index (χ0n) is 10.7. The van der Waals surface area contributed by atoms with E-state index in [2.05, 4.69) is 56.9 Å². The Morgan fingerprint density at radius 1 is 1.25 bits per heavy atom. The smallest absolute Gasteiger partial charge is 0.0377 e. The van der Waals surface area contributed by atoms with Gasteiger partial charge in [-0.05, 0) is 37.3 Å². The first-order valence-electron chi connectivity index (χ1n) is 6.11. The fourth-order valence-corrected chi connectivity index (χ4v) is 1.84. The molecule has 88 valence electrons. The van der Waals surface area contributed by atoms with E-state index in [1.807, 2.05) is 6.08 Å². The van der Waals surface area contributed by atoms with E-state index in [0.717, 1.165) is 12.8 Å². The highest BCUT2D eigenvalue weighted by Gasteiger charge is 2.07. The third kappa shape index (κ3) is 3.73. The maximum absolute atomic E-state index is 3.76. The van der Waals surface area contributed by atoms with Crippen molar-refractivity contribution in [3.8, 4) is 0 Å². The van der Waals surface area contributed by atoms with Crippen LogP contribution in [-0.4, -0.2) is 6.04 Å². The lowest BCUT2D eigenvalue weighted by molar-refractivity contribution is 0.715. The van der Waals surface area contributed by atoms with Gasteiger partial charge in [-0.2, -0.15) is 0 Å². The average molecular weight is 217 g/mol. The molecule has 1 rings (SSSR count). The van der Waals surface area contributed by atoms with E-state index in [9.17, 15) is 0 Å². The van der Waals surface area contributed by atoms with Gasteiger partial charge in [-0.3, -0.25) is 0 Å². The third-order valence-electron chi connectivity index (χ3n) is 2.79. The summed E-state index contributed by atoms with van der Waals surface area (Å²) in [6.45, 7) is 10.4. The normalized spacial score (nSPS) is 12.5. The predicted molar refractivity (Wildman–Crippen MR) is 73.0 cm³/mol. The lowest BCUT2D eigenvalue weighted by Crippen LogP contribution is -2.16. The minimum atomic E-state index is 0.498. The summed E-state index contributed by atoms with van der Waals surface area (Å²) in [4.78, 5) is 0. The first kappa shape index (κ1) is 12.8. The highest BCUT2D eigenvalue weighted by Crippen LogP contribution is 2.24. The lowest BCUT2D eigenvalue weighted by atomic mass is 10.0. The molecule has 0 spiro atoms. The summed E-state index contributed by atoms with van der Waals surface area (Å²) in [6.07, 6.45) is 4.18. The van der Waals surface area contributed by atoms with E-state index >= 15 is 0 Å². The van der Waals surface area contributed by atoms with Crippen LogP contribution in [0, 0.1) is 0 Å². The van der Waals surface area contributed by atoms with Crippen molar-refractivity contribution in [2.45, 2.75) is 45.6 Å². The number of allylic oxidation sites excluding steroid dienone is 1. The second-order valence-corrected chi connectivity index (χ2v) is 4.65. The van der Waals surface area contributed by atoms with E-state index in [4.69, 9.17) is 0 Å². The van der Waals surface area contributed by atoms with Gasteiger partial charge in [0.15, 0.2) is 0 Å². The summed E-state index contributed by atoms with van der Waals surface area (Å²) in [7, 11) is 0. The van der Waals surface area contributed by atoms with Gasteiger partial charge in [0.05, 0.1) is 0 Å². The Morgan fingerprint density at radius 3 is 2.56 bits per heavy atom. The Labute approximate surface area is 99.6 Å². The fourth-order valence-electron chi connectivity index (χ4n) is 1.84. The van der Waals surface area contributed by atoms with Gasteiger partial charge in [-0.15, -0.1) is 6.58 Å². The molecule has 1 atom stereocenters. The monoisotopic (exact) mass is 217 g/mol. The molecular weight excluding hydrogens is 194 g/mol. The predicted octanol–water partition coefficient (Wildman–Crippen LogP) is 4.58. The van der Waals surface area contributed by atoms with Crippen molar-refractivity contribution in [2.24, 2.45) is 0 Å².